The van der Waals surface area contributed by atoms with Crippen molar-refractivity contribution in [3.63, 3.8) is 0 Å². The molecule has 0 atom stereocenters. The van der Waals surface area contributed by atoms with Gasteiger partial charge in [-0.1, -0.05) is 13.3 Å². The quantitative estimate of drug-likeness (QED) is 0.280. The highest BCUT2D eigenvalue weighted by Crippen LogP contribution is 1.92. The third-order valence-electron chi connectivity index (χ3n) is 2.08. The summed E-state index contributed by atoms with van der Waals surface area (Å²) in [5, 5.41) is 3.34. The Morgan fingerprint density at radius 2 is 1.83 bits per heavy atom. The van der Waals surface area contributed by atoms with Gasteiger partial charge >= 0.3 is 0 Å². The smallest absolute Gasteiger partial charge is 0.134 e. The minimum atomic E-state index is 0.593. The third-order valence-corrected chi connectivity index (χ3v) is 2.08. The lowest BCUT2D eigenvalue weighted by Gasteiger charge is -2.31. The van der Waals surface area contributed by atoms with E-state index in [0.717, 1.165) is 13.2 Å². The molecule has 0 fully saturated rings. The summed E-state index contributed by atoms with van der Waals surface area (Å²) in [4.78, 5) is 0. The lowest BCUT2D eigenvalue weighted by atomic mass is 10.3. The average molecular weight is 175 g/mol. The highest BCUT2D eigenvalue weighted by molar-refractivity contribution is 4.40. The van der Waals surface area contributed by atoms with E-state index in [9.17, 15) is 0 Å². The molecule has 0 aromatic heterocycles. The van der Waals surface area contributed by atoms with E-state index < -0.39 is 0 Å². The van der Waals surface area contributed by atoms with Crippen LogP contribution >= 0.6 is 0 Å². The Morgan fingerprint density at radius 1 is 1.25 bits per heavy atom. The van der Waals surface area contributed by atoms with Crippen LogP contribution in [0.3, 0.4) is 0 Å². The van der Waals surface area contributed by atoms with Crippen molar-refractivity contribution in [2.24, 2.45) is 11.5 Å². The summed E-state index contributed by atoms with van der Waals surface area (Å²) >= 11 is 0. The molecule has 5 N–H and O–H groups in total. The van der Waals surface area contributed by atoms with Crippen molar-refractivity contribution in [3.05, 3.63) is 0 Å². The fraction of sp³-hybridized carbons (Fsp3) is 1.00. The van der Waals surface area contributed by atoms with Crippen molar-refractivity contribution in [2.45, 2.75) is 19.8 Å². The van der Waals surface area contributed by atoms with E-state index in [4.69, 9.17) is 11.5 Å². The number of unbranched alkanes of at least 4 members (excludes halogenated alkanes) is 1. The lowest BCUT2D eigenvalue weighted by Crippen LogP contribution is -2.56. The Balaban J connectivity index is 3.45. The van der Waals surface area contributed by atoms with Gasteiger partial charge in [0, 0.05) is 6.54 Å². The average Bonchev–Trinajstić information content (AvgIpc) is 2.12. The zero-order valence-electron chi connectivity index (χ0n) is 8.34. The first-order valence-electron chi connectivity index (χ1n) is 4.63. The van der Waals surface area contributed by atoms with Gasteiger partial charge in [0.2, 0.25) is 0 Å². The Kier molecular flexibility index (Phi) is 6.28. The normalized spacial score (nSPS) is 12.0. The van der Waals surface area contributed by atoms with E-state index in [0.29, 0.717) is 17.8 Å². The number of hydrogen-bond donors (Lipinski definition) is 3. The van der Waals surface area contributed by atoms with Crippen LogP contribution < -0.4 is 16.8 Å². The first kappa shape index (κ1) is 11.8. The number of nitrogens with zero attached hydrogens (tertiary/aromatic N) is 1. The van der Waals surface area contributed by atoms with Gasteiger partial charge in [0.05, 0.1) is 7.05 Å². The van der Waals surface area contributed by atoms with Gasteiger partial charge in [0.25, 0.3) is 0 Å². The fourth-order valence-electron chi connectivity index (χ4n) is 0.854. The molecule has 0 aromatic rings. The van der Waals surface area contributed by atoms with Gasteiger partial charge < -0.3 is 0 Å². The maximum absolute atomic E-state index is 5.58. The third kappa shape index (κ3) is 4.66. The molecule has 0 unspecified atom stereocenters. The molecule has 0 aliphatic carbocycles. The summed E-state index contributed by atoms with van der Waals surface area (Å²) in [6, 6.07) is 0. The zero-order chi connectivity index (χ0) is 9.45. The molecular formula is C8H23N4+. The molecule has 0 amide bonds. The van der Waals surface area contributed by atoms with Gasteiger partial charge in [-0.2, -0.15) is 0 Å². The topological polar surface area (TPSA) is 64.1 Å². The maximum atomic E-state index is 5.58. The van der Waals surface area contributed by atoms with Gasteiger partial charge in [0.1, 0.15) is 20.0 Å². The van der Waals surface area contributed by atoms with Crippen molar-refractivity contribution >= 4 is 0 Å². The minimum Gasteiger partial charge on any atom is -0.289 e. The molecule has 0 saturated carbocycles. The molecule has 0 aliphatic heterocycles. The molecule has 0 heterocycles. The van der Waals surface area contributed by atoms with E-state index >= 15 is 0 Å². The second kappa shape index (κ2) is 6.37. The molecule has 0 spiro atoms. The van der Waals surface area contributed by atoms with Crippen LogP contribution in [0, 0.1) is 0 Å². The molecule has 0 bridgehead atoms. The fourth-order valence-corrected chi connectivity index (χ4v) is 0.854. The molecule has 0 aliphatic rings. The van der Waals surface area contributed by atoms with Crippen molar-refractivity contribution in [3.8, 4) is 0 Å². The molecule has 0 saturated heterocycles. The van der Waals surface area contributed by atoms with Crippen LogP contribution in [0.25, 0.3) is 0 Å². The maximum Gasteiger partial charge on any atom is 0.134 e. The highest BCUT2D eigenvalue weighted by Gasteiger charge is 2.15. The SMILES string of the molecule is CCCCNC[N+](C)(CN)CN. The monoisotopic (exact) mass is 175 g/mol. The van der Waals surface area contributed by atoms with Crippen molar-refractivity contribution in [2.75, 3.05) is 33.6 Å². The van der Waals surface area contributed by atoms with Gasteiger partial charge in [0.15, 0.2) is 0 Å². The zero-order valence-corrected chi connectivity index (χ0v) is 8.34. The summed E-state index contributed by atoms with van der Waals surface area (Å²) in [5.41, 5.74) is 11.2. The Hall–Kier alpha value is -0.160. The number of hydrogen-bond acceptors (Lipinski definition) is 3. The molecular weight excluding hydrogens is 152 g/mol. The molecule has 4 heteroatoms. The first-order chi connectivity index (χ1) is 5.68. The van der Waals surface area contributed by atoms with Crippen molar-refractivity contribution in [1.29, 1.82) is 0 Å². The van der Waals surface area contributed by atoms with Crippen molar-refractivity contribution in [1.82, 2.24) is 5.32 Å². The van der Waals surface area contributed by atoms with Gasteiger partial charge in [-0.3, -0.25) is 21.3 Å². The predicted molar refractivity (Wildman–Crippen MR) is 52.1 cm³/mol. The van der Waals surface area contributed by atoms with E-state index in [1.165, 1.54) is 12.8 Å². The standard InChI is InChI=1S/C8H23N4/c1-3-4-5-11-8-12(2,6-9)7-10/h11H,3-10H2,1-2H3/q+1. The predicted octanol–water partition coefficient (Wildman–Crippen LogP) is -0.387. The van der Waals surface area contributed by atoms with Gasteiger partial charge in [-0.25, -0.2) is 0 Å². The van der Waals surface area contributed by atoms with Crippen LogP contribution in [0.5, 0.6) is 0 Å². The highest BCUT2D eigenvalue weighted by atomic mass is 15.4. The summed E-state index contributed by atoms with van der Waals surface area (Å²) in [5.74, 6) is 0. The molecule has 4 nitrogen and oxygen atoms in total. The van der Waals surface area contributed by atoms with Crippen LogP contribution in [0.2, 0.25) is 0 Å². The summed E-state index contributed by atoms with van der Waals surface area (Å²) in [7, 11) is 2.05. The number of quaternary nitrogens is 1. The van der Waals surface area contributed by atoms with Crippen molar-refractivity contribution < 1.29 is 4.48 Å². The second-order valence-corrected chi connectivity index (χ2v) is 3.50. The molecule has 74 valence electrons. The minimum absolute atomic E-state index is 0.593. The van der Waals surface area contributed by atoms with E-state index in [1.54, 1.807) is 0 Å². The summed E-state index contributed by atoms with van der Waals surface area (Å²) < 4.78 is 0.698. The van der Waals surface area contributed by atoms with Crippen LogP contribution in [-0.2, 0) is 0 Å². The Morgan fingerprint density at radius 3 is 2.25 bits per heavy atom. The van der Waals surface area contributed by atoms with Crippen LogP contribution in [0.4, 0.5) is 0 Å². The Labute approximate surface area is 75.5 Å². The van der Waals surface area contributed by atoms with E-state index in [-0.39, 0.29) is 0 Å². The largest absolute Gasteiger partial charge is 0.289 e. The first-order valence-corrected chi connectivity index (χ1v) is 4.63. The number of nitrogens with one attached hydrogen (secondary N) is 1. The van der Waals surface area contributed by atoms with Crippen LogP contribution in [0.15, 0.2) is 0 Å². The second-order valence-electron chi connectivity index (χ2n) is 3.50. The molecule has 12 heavy (non-hydrogen) atoms. The van der Waals surface area contributed by atoms with E-state index in [2.05, 4.69) is 19.3 Å². The van der Waals surface area contributed by atoms with Crippen LogP contribution in [-0.4, -0.2) is 38.1 Å². The molecule has 0 radical (unpaired) electrons. The number of nitrogens with two attached hydrogens (primary N) is 2. The molecule has 0 rings (SSSR count). The summed E-state index contributed by atoms with van der Waals surface area (Å²) in [6.07, 6.45) is 2.44. The van der Waals surface area contributed by atoms with Gasteiger partial charge in [-0.15, -0.1) is 0 Å². The molecule has 0 aromatic carbocycles. The number of rotatable bonds is 7. The Bertz CT molecular complexity index is 101. The van der Waals surface area contributed by atoms with E-state index in [1.807, 2.05) is 0 Å². The van der Waals surface area contributed by atoms with Gasteiger partial charge in [-0.05, 0) is 6.42 Å². The summed E-state index contributed by atoms with van der Waals surface area (Å²) in [6.45, 7) is 5.30. The van der Waals surface area contributed by atoms with Crippen LogP contribution in [0.1, 0.15) is 19.8 Å². The lowest BCUT2D eigenvalue weighted by molar-refractivity contribution is -0.911.